The van der Waals surface area contributed by atoms with E-state index in [9.17, 15) is 9.59 Å². The number of hydrogen-bond donors (Lipinski definition) is 2. The van der Waals surface area contributed by atoms with Crippen LogP contribution in [0.25, 0.3) is 10.1 Å². The van der Waals surface area contributed by atoms with Crippen molar-refractivity contribution in [2.24, 2.45) is 0 Å². The van der Waals surface area contributed by atoms with E-state index in [1.165, 1.54) is 11.5 Å². The molecule has 3 aromatic rings. The van der Waals surface area contributed by atoms with Gasteiger partial charge in [-0.3, -0.25) is 9.78 Å². The molecule has 0 aliphatic carbocycles. The minimum Gasteiger partial charge on any atom is -0.337 e. The maximum Gasteiger partial charge on any atom is 0.340 e. The number of carbonyl (C=O) groups is 1. The molecule has 0 radical (unpaired) electrons. The number of H-pyrrole nitrogens is 2. The van der Waals surface area contributed by atoms with E-state index in [0.717, 1.165) is 28.5 Å². The van der Waals surface area contributed by atoms with E-state index in [1.807, 2.05) is 30.0 Å². The first-order valence-electron chi connectivity index (χ1n) is 7.92. The molecule has 1 atom stereocenters. The fraction of sp³-hybridized carbons (Fsp3) is 0.375. The number of hydrogen-bond acceptors (Lipinski definition) is 5. The van der Waals surface area contributed by atoms with Crippen molar-refractivity contribution in [3.63, 3.8) is 0 Å². The summed E-state index contributed by atoms with van der Waals surface area (Å²) in [6, 6.07) is 6.05. The van der Waals surface area contributed by atoms with Crippen LogP contribution in [0.4, 0.5) is 0 Å². The molecule has 0 unspecified atom stereocenters. The number of nitrogens with one attached hydrogen (secondary N) is 2. The fourth-order valence-corrected chi connectivity index (χ4v) is 3.97. The number of aromatic nitrogens is 4. The van der Waals surface area contributed by atoms with Gasteiger partial charge in [-0.15, -0.1) is 0 Å². The van der Waals surface area contributed by atoms with E-state index in [1.54, 1.807) is 0 Å². The number of carbonyl (C=O) groups excluding carboxylic acids is 1. The molecule has 1 aliphatic heterocycles. The summed E-state index contributed by atoms with van der Waals surface area (Å²) in [6.07, 6.45) is 1.79. The first kappa shape index (κ1) is 15.1. The SMILES string of the molecule is Cc1ccc2snc(C(=O)N3CCC[C@H](c4n[nH]c(=O)[nH]4)C3)c2c1. The predicted molar refractivity (Wildman–Crippen MR) is 91.4 cm³/mol. The lowest BCUT2D eigenvalue weighted by atomic mass is 9.97. The van der Waals surface area contributed by atoms with Gasteiger partial charge in [-0.2, -0.15) is 9.47 Å². The molecule has 124 valence electrons. The van der Waals surface area contributed by atoms with Crippen LogP contribution < -0.4 is 5.69 Å². The van der Waals surface area contributed by atoms with Gasteiger partial charge in [-0.25, -0.2) is 9.89 Å². The molecule has 0 spiro atoms. The van der Waals surface area contributed by atoms with Gasteiger partial charge in [0.25, 0.3) is 5.91 Å². The summed E-state index contributed by atoms with van der Waals surface area (Å²) in [5.74, 6) is 0.624. The van der Waals surface area contributed by atoms with Crippen LogP contribution in [0.1, 0.15) is 40.6 Å². The van der Waals surface area contributed by atoms with Crippen molar-refractivity contribution in [2.75, 3.05) is 13.1 Å². The highest BCUT2D eigenvalue weighted by molar-refractivity contribution is 7.13. The second kappa shape index (κ2) is 5.86. The summed E-state index contributed by atoms with van der Waals surface area (Å²) in [5.41, 5.74) is 1.33. The zero-order valence-corrected chi connectivity index (χ0v) is 14.0. The standard InChI is InChI=1S/C16H17N5O2S/c1-9-4-5-12-11(7-9)13(20-24-12)15(22)21-6-2-3-10(8-21)14-17-16(23)19-18-14/h4-5,7,10H,2-3,6,8H2,1H3,(H2,17,18,19,23)/t10-/m0/s1. The smallest absolute Gasteiger partial charge is 0.337 e. The van der Waals surface area contributed by atoms with E-state index >= 15 is 0 Å². The maximum atomic E-state index is 12.9. The molecule has 2 aromatic heterocycles. The number of benzene rings is 1. The summed E-state index contributed by atoms with van der Waals surface area (Å²) in [5, 5.41) is 7.32. The highest BCUT2D eigenvalue weighted by Crippen LogP contribution is 2.28. The lowest BCUT2D eigenvalue weighted by Gasteiger charge is -2.31. The molecule has 4 rings (SSSR count). The number of piperidine rings is 1. The summed E-state index contributed by atoms with van der Waals surface area (Å²) in [7, 11) is 0. The second-order valence-corrected chi connectivity index (χ2v) is 6.99. The average molecular weight is 343 g/mol. The topological polar surface area (TPSA) is 94.7 Å². The number of aryl methyl sites for hydroxylation is 1. The van der Waals surface area contributed by atoms with Gasteiger partial charge in [0.15, 0.2) is 0 Å². The number of rotatable bonds is 2. The van der Waals surface area contributed by atoms with Crippen molar-refractivity contribution < 1.29 is 4.79 Å². The van der Waals surface area contributed by atoms with Crippen molar-refractivity contribution in [1.29, 1.82) is 0 Å². The van der Waals surface area contributed by atoms with Crippen LogP contribution in [0, 0.1) is 6.92 Å². The van der Waals surface area contributed by atoms with E-state index in [0.29, 0.717) is 24.6 Å². The summed E-state index contributed by atoms with van der Waals surface area (Å²) in [6.45, 7) is 3.26. The zero-order chi connectivity index (χ0) is 16.7. The van der Waals surface area contributed by atoms with E-state index in [-0.39, 0.29) is 17.5 Å². The molecule has 7 nitrogen and oxygen atoms in total. The van der Waals surface area contributed by atoms with Gasteiger partial charge in [-0.05, 0) is 43.4 Å². The van der Waals surface area contributed by atoms with Crippen LogP contribution in [0.5, 0.6) is 0 Å². The summed E-state index contributed by atoms with van der Waals surface area (Å²) >= 11 is 1.35. The molecular formula is C16H17N5O2S. The Hall–Kier alpha value is -2.48. The Morgan fingerprint density at radius 1 is 1.42 bits per heavy atom. The van der Waals surface area contributed by atoms with Gasteiger partial charge in [0.05, 0.1) is 4.70 Å². The molecule has 3 heterocycles. The number of likely N-dealkylation sites (tertiary alicyclic amines) is 1. The van der Waals surface area contributed by atoms with Crippen molar-refractivity contribution in [3.05, 3.63) is 45.8 Å². The van der Waals surface area contributed by atoms with E-state index < -0.39 is 0 Å². The Morgan fingerprint density at radius 2 is 2.29 bits per heavy atom. The van der Waals surface area contributed by atoms with Crippen molar-refractivity contribution >= 4 is 27.5 Å². The van der Waals surface area contributed by atoms with Gasteiger partial charge in [0, 0.05) is 24.4 Å². The number of aromatic amines is 2. The molecule has 8 heteroatoms. The Balaban J connectivity index is 1.61. The number of nitrogens with zero attached hydrogens (tertiary/aromatic N) is 3. The Bertz CT molecular complexity index is 957. The normalized spacial score (nSPS) is 18.2. The van der Waals surface area contributed by atoms with E-state index in [2.05, 4.69) is 19.6 Å². The van der Waals surface area contributed by atoms with Crippen LogP contribution in [0.3, 0.4) is 0 Å². The fourth-order valence-electron chi connectivity index (χ4n) is 3.22. The number of fused-ring (bicyclic) bond motifs is 1. The molecule has 1 fully saturated rings. The summed E-state index contributed by atoms with van der Waals surface area (Å²) < 4.78 is 5.41. The Labute approximate surface area is 141 Å². The molecule has 0 bridgehead atoms. The third kappa shape index (κ3) is 2.62. The molecule has 1 aliphatic rings. The van der Waals surface area contributed by atoms with Gasteiger partial charge < -0.3 is 4.90 Å². The monoisotopic (exact) mass is 343 g/mol. The minimum absolute atomic E-state index is 0.0468. The van der Waals surface area contributed by atoms with Gasteiger partial charge in [-0.1, -0.05) is 11.6 Å². The second-order valence-electron chi connectivity index (χ2n) is 6.18. The first-order valence-corrected chi connectivity index (χ1v) is 8.69. The quantitative estimate of drug-likeness (QED) is 0.744. The predicted octanol–water partition coefficient (Wildman–Crippen LogP) is 2.04. The largest absolute Gasteiger partial charge is 0.340 e. The molecule has 2 N–H and O–H groups in total. The summed E-state index contributed by atoms with van der Waals surface area (Å²) in [4.78, 5) is 28.7. The first-order chi connectivity index (χ1) is 11.6. The Kier molecular flexibility index (Phi) is 3.68. The molecule has 0 saturated carbocycles. The number of amides is 1. The Morgan fingerprint density at radius 3 is 3.08 bits per heavy atom. The van der Waals surface area contributed by atoms with E-state index in [4.69, 9.17) is 0 Å². The lowest BCUT2D eigenvalue weighted by molar-refractivity contribution is 0.0702. The minimum atomic E-state index is -0.311. The van der Waals surface area contributed by atoms with Crippen LogP contribution in [-0.4, -0.2) is 43.5 Å². The van der Waals surface area contributed by atoms with Crippen molar-refractivity contribution in [1.82, 2.24) is 24.5 Å². The lowest BCUT2D eigenvalue weighted by Crippen LogP contribution is -2.39. The van der Waals surface area contributed by atoms with Gasteiger partial charge >= 0.3 is 5.69 Å². The van der Waals surface area contributed by atoms with Crippen molar-refractivity contribution in [2.45, 2.75) is 25.7 Å². The maximum absolute atomic E-state index is 12.9. The zero-order valence-electron chi connectivity index (χ0n) is 13.2. The molecular weight excluding hydrogens is 326 g/mol. The van der Waals surface area contributed by atoms with Gasteiger partial charge in [0.2, 0.25) is 0 Å². The molecule has 1 aromatic carbocycles. The molecule has 1 saturated heterocycles. The molecule has 24 heavy (non-hydrogen) atoms. The van der Waals surface area contributed by atoms with Crippen LogP contribution in [0.15, 0.2) is 23.0 Å². The third-order valence-corrected chi connectivity index (χ3v) is 5.27. The highest BCUT2D eigenvalue weighted by Gasteiger charge is 2.29. The van der Waals surface area contributed by atoms with Crippen LogP contribution >= 0.6 is 11.5 Å². The van der Waals surface area contributed by atoms with Crippen LogP contribution in [-0.2, 0) is 0 Å². The third-order valence-electron chi connectivity index (χ3n) is 4.44. The van der Waals surface area contributed by atoms with Crippen molar-refractivity contribution in [3.8, 4) is 0 Å². The highest BCUT2D eigenvalue weighted by atomic mass is 32.1. The van der Waals surface area contributed by atoms with Crippen LogP contribution in [0.2, 0.25) is 0 Å². The molecule has 1 amide bonds. The average Bonchev–Trinajstić information content (AvgIpc) is 3.20. The van der Waals surface area contributed by atoms with Gasteiger partial charge in [0.1, 0.15) is 11.5 Å².